The van der Waals surface area contributed by atoms with E-state index >= 15 is 0 Å². The lowest BCUT2D eigenvalue weighted by Gasteiger charge is -2.39. The molecule has 1 fully saturated rings. The summed E-state index contributed by atoms with van der Waals surface area (Å²) in [5.41, 5.74) is 0.455. The number of hydrogen-bond donors (Lipinski definition) is 5. The van der Waals surface area contributed by atoms with Crippen LogP contribution in [0.25, 0.3) is 0 Å². The highest BCUT2D eigenvalue weighted by Gasteiger charge is 2.44. The topological polar surface area (TPSA) is 167 Å². The van der Waals surface area contributed by atoms with E-state index in [1.165, 1.54) is 6.26 Å². The van der Waals surface area contributed by atoms with Gasteiger partial charge in [-0.2, -0.15) is 8.42 Å². The van der Waals surface area contributed by atoms with Crippen molar-refractivity contribution in [3.05, 3.63) is 23.7 Å². The van der Waals surface area contributed by atoms with Gasteiger partial charge in [0, 0.05) is 11.1 Å². The van der Waals surface area contributed by atoms with E-state index in [1.54, 1.807) is 0 Å². The first-order chi connectivity index (χ1) is 10.7. The predicted octanol–water partition coefficient (Wildman–Crippen LogP) is -2.02. The average molecular weight is 354 g/mol. The van der Waals surface area contributed by atoms with E-state index in [1.807, 2.05) is 0 Å². The van der Waals surface area contributed by atoms with E-state index in [4.69, 9.17) is 23.6 Å². The van der Waals surface area contributed by atoms with Crippen LogP contribution in [0.1, 0.15) is 11.1 Å². The Balaban J connectivity index is 2.02. The van der Waals surface area contributed by atoms with Crippen molar-refractivity contribution in [1.29, 1.82) is 0 Å². The zero-order valence-corrected chi connectivity index (χ0v) is 12.7. The fourth-order valence-corrected chi connectivity index (χ4v) is 2.82. The molecular formula is C12H18O10S. The lowest BCUT2D eigenvalue weighted by molar-refractivity contribution is -0.304. The van der Waals surface area contributed by atoms with Crippen molar-refractivity contribution in [3.8, 4) is 0 Å². The summed E-state index contributed by atoms with van der Waals surface area (Å²) in [4.78, 5) is 0. The molecule has 1 aliphatic heterocycles. The van der Waals surface area contributed by atoms with Gasteiger partial charge in [0.15, 0.2) is 6.29 Å². The molecule has 0 aromatic carbocycles. The number of furan rings is 1. The normalized spacial score (nSPS) is 32.1. The van der Waals surface area contributed by atoms with Gasteiger partial charge in [-0.05, 0) is 0 Å². The van der Waals surface area contributed by atoms with Crippen LogP contribution in [0.4, 0.5) is 0 Å². The van der Waals surface area contributed by atoms with Crippen molar-refractivity contribution >= 4 is 10.1 Å². The summed E-state index contributed by atoms with van der Waals surface area (Å²) in [6.07, 6.45) is -4.78. The van der Waals surface area contributed by atoms with E-state index in [9.17, 15) is 23.7 Å². The Morgan fingerprint density at radius 3 is 2.35 bits per heavy atom. The van der Waals surface area contributed by atoms with Crippen LogP contribution in [-0.2, 0) is 32.0 Å². The molecule has 5 N–H and O–H groups in total. The van der Waals surface area contributed by atoms with E-state index in [0.29, 0.717) is 5.56 Å². The van der Waals surface area contributed by atoms with Crippen molar-refractivity contribution in [2.75, 3.05) is 6.61 Å². The minimum absolute atomic E-state index is 0.164. The van der Waals surface area contributed by atoms with Crippen molar-refractivity contribution < 1.29 is 47.3 Å². The number of hydrogen-bond acceptors (Lipinski definition) is 9. The molecule has 132 valence electrons. The number of aliphatic hydroxyl groups excluding tert-OH is 4. The second-order valence-electron chi connectivity index (χ2n) is 5.16. The van der Waals surface area contributed by atoms with E-state index in [2.05, 4.69) is 0 Å². The molecule has 0 radical (unpaired) electrons. The van der Waals surface area contributed by atoms with Gasteiger partial charge in [-0.25, -0.2) is 0 Å². The zero-order valence-electron chi connectivity index (χ0n) is 11.8. The fraction of sp³-hybridized carbons (Fsp3) is 0.667. The lowest BCUT2D eigenvalue weighted by atomic mass is 9.99. The first kappa shape index (κ1) is 18.3. The zero-order chi connectivity index (χ0) is 17.2. The van der Waals surface area contributed by atoms with Gasteiger partial charge in [0.05, 0.1) is 25.7 Å². The second kappa shape index (κ2) is 7.23. The molecule has 0 amide bonds. The Labute approximate surface area is 131 Å². The smallest absolute Gasteiger partial charge is 0.269 e. The van der Waals surface area contributed by atoms with Crippen molar-refractivity contribution in [2.24, 2.45) is 0 Å². The Morgan fingerprint density at radius 1 is 1.09 bits per heavy atom. The van der Waals surface area contributed by atoms with Gasteiger partial charge >= 0.3 is 0 Å². The highest BCUT2D eigenvalue weighted by atomic mass is 32.2. The maximum Gasteiger partial charge on any atom is 0.269 e. The standard InChI is InChI=1S/C12H18O10S/c13-1-8-9(14)10(15)11(16)12(22-8)21-4-6-2-20-3-7(6)5-23(17,18)19/h2-3,8-16H,1,4-5H2,(H,17,18,19)/t8?,9-,10?,11?,12+/m0/s1. The monoisotopic (exact) mass is 354 g/mol. The molecule has 0 saturated carbocycles. The van der Waals surface area contributed by atoms with Crippen LogP contribution in [0, 0.1) is 0 Å². The van der Waals surface area contributed by atoms with Crippen molar-refractivity contribution in [3.63, 3.8) is 0 Å². The molecule has 1 aromatic rings. The Bertz CT molecular complexity index is 609. The summed E-state index contributed by atoms with van der Waals surface area (Å²) in [5, 5.41) is 38.1. The molecule has 2 rings (SSSR count). The Hall–Kier alpha value is -1.05. The van der Waals surface area contributed by atoms with Gasteiger partial charge in [0.1, 0.15) is 30.2 Å². The summed E-state index contributed by atoms with van der Waals surface area (Å²) >= 11 is 0. The van der Waals surface area contributed by atoms with E-state index in [-0.39, 0.29) is 12.2 Å². The highest BCUT2D eigenvalue weighted by molar-refractivity contribution is 7.85. The van der Waals surface area contributed by atoms with Gasteiger partial charge in [-0.3, -0.25) is 4.55 Å². The summed E-state index contributed by atoms with van der Waals surface area (Å²) in [6, 6.07) is 0. The predicted molar refractivity (Wildman–Crippen MR) is 72.5 cm³/mol. The molecular weight excluding hydrogens is 336 g/mol. The van der Waals surface area contributed by atoms with Gasteiger partial charge in [0.25, 0.3) is 10.1 Å². The Morgan fingerprint density at radius 2 is 1.74 bits per heavy atom. The largest absolute Gasteiger partial charge is 0.472 e. The SMILES string of the molecule is O=S(=O)(O)Cc1cocc1CO[C@@H]1OC(CO)[C@H](O)C(O)C1O. The maximum atomic E-state index is 10.9. The first-order valence-electron chi connectivity index (χ1n) is 6.64. The third kappa shape index (κ3) is 4.49. The van der Waals surface area contributed by atoms with E-state index < -0.39 is 53.2 Å². The molecule has 5 atom stereocenters. The molecule has 10 nitrogen and oxygen atoms in total. The third-order valence-electron chi connectivity index (χ3n) is 3.42. The second-order valence-corrected chi connectivity index (χ2v) is 6.61. The van der Waals surface area contributed by atoms with Crippen LogP contribution in [0.2, 0.25) is 0 Å². The van der Waals surface area contributed by atoms with E-state index in [0.717, 1.165) is 6.26 Å². The molecule has 3 unspecified atom stereocenters. The molecule has 0 bridgehead atoms. The van der Waals surface area contributed by atoms with Crippen LogP contribution in [0.3, 0.4) is 0 Å². The molecule has 0 aliphatic carbocycles. The molecule has 1 aromatic heterocycles. The summed E-state index contributed by atoms with van der Waals surface area (Å²) in [6.45, 7) is -0.839. The van der Waals surface area contributed by atoms with Gasteiger partial charge in [-0.1, -0.05) is 0 Å². The van der Waals surface area contributed by atoms with Gasteiger partial charge in [-0.15, -0.1) is 0 Å². The first-order valence-corrected chi connectivity index (χ1v) is 8.25. The van der Waals surface area contributed by atoms with Crippen LogP contribution in [-0.4, -0.2) is 70.7 Å². The summed E-state index contributed by atoms with van der Waals surface area (Å²) in [7, 11) is -4.25. The van der Waals surface area contributed by atoms with Crippen molar-refractivity contribution in [1.82, 2.24) is 0 Å². The molecule has 1 aliphatic rings. The molecule has 23 heavy (non-hydrogen) atoms. The molecule has 11 heteroatoms. The van der Waals surface area contributed by atoms with Crippen LogP contribution < -0.4 is 0 Å². The van der Waals surface area contributed by atoms with Gasteiger partial charge in [0.2, 0.25) is 0 Å². The molecule has 0 spiro atoms. The quantitative estimate of drug-likeness (QED) is 0.360. The lowest BCUT2D eigenvalue weighted by Crippen LogP contribution is -2.59. The third-order valence-corrected chi connectivity index (χ3v) is 4.10. The van der Waals surface area contributed by atoms with Crippen molar-refractivity contribution in [2.45, 2.75) is 43.1 Å². The highest BCUT2D eigenvalue weighted by Crippen LogP contribution is 2.24. The molecule has 1 saturated heterocycles. The summed E-state index contributed by atoms with van der Waals surface area (Å²) < 4.78 is 45.9. The minimum Gasteiger partial charge on any atom is -0.472 e. The maximum absolute atomic E-state index is 10.9. The number of aliphatic hydroxyl groups is 4. The fourth-order valence-electron chi connectivity index (χ4n) is 2.18. The van der Waals surface area contributed by atoms with Crippen LogP contribution >= 0.6 is 0 Å². The minimum atomic E-state index is -4.25. The number of rotatable bonds is 6. The summed E-state index contributed by atoms with van der Waals surface area (Å²) in [5.74, 6) is -0.670. The van der Waals surface area contributed by atoms with Crippen LogP contribution in [0.15, 0.2) is 16.9 Å². The number of ether oxygens (including phenoxy) is 2. The Kier molecular flexibility index (Phi) is 5.75. The molecule has 2 heterocycles. The average Bonchev–Trinajstić information content (AvgIpc) is 2.89. The van der Waals surface area contributed by atoms with Gasteiger partial charge < -0.3 is 34.3 Å². The van der Waals surface area contributed by atoms with Crippen LogP contribution in [0.5, 0.6) is 0 Å².